The van der Waals surface area contributed by atoms with Crippen LogP contribution in [-0.2, 0) is 16.8 Å². The van der Waals surface area contributed by atoms with Crippen molar-refractivity contribution in [1.82, 2.24) is 10.3 Å². The summed E-state index contributed by atoms with van der Waals surface area (Å²) in [6, 6.07) is 10.8. The van der Waals surface area contributed by atoms with Crippen LogP contribution in [0.3, 0.4) is 0 Å². The number of aromatic nitrogens is 1. The molecule has 0 saturated carbocycles. The maximum absolute atomic E-state index is 6.29. The number of fused-ring (bicyclic) bond motifs is 3. The third kappa shape index (κ3) is 2.59. The monoisotopic (exact) mass is 378 g/mol. The van der Waals surface area contributed by atoms with Gasteiger partial charge in [0.2, 0.25) is 0 Å². The van der Waals surface area contributed by atoms with E-state index in [9.17, 15) is 0 Å². The van der Waals surface area contributed by atoms with Gasteiger partial charge in [-0.2, -0.15) is 0 Å². The van der Waals surface area contributed by atoms with Gasteiger partial charge in [-0.3, -0.25) is 0 Å². The molecular weight excluding hydrogens is 360 g/mol. The number of ether oxygens (including phenoxy) is 1. The van der Waals surface area contributed by atoms with Gasteiger partial charge in [0.1, 0.15) is 5.01 Å². The van der Waals surface area contributed by atoms with Crippen molar-refractivity contribution in [2.45, 2.75) is 24.9 Å². The molecule has 1 aromatic carbocycles. The van der Waals surface area contributed by atoms with Crippen molar-refractivity contribution in [1.29, 1.82) is 0 Å². The first-order valence-corrected chi connectivity index (χ1v) is 9.81. The minimum absolute atomic E-state index is 0. The molecule has 5 rings (SSSR count). The lowest BCUT2D eigenvalue weighted by molar-refractivity contribution is -0.0792. The largest absolute Gasteiger partial charge is 0.370 e. The van der Waals surface area contributed by atoms with Gasteiger partial charge in [0.15, 0.2) is 0 Å². The molecule has 2 aliphatic rings. The fraction of sp³-hybridized carbons (Fsp3) is 0.389. The molecule has 0 radical (unpaired) electrons. The standard InChI is InChI=1S/C18H18N2OS2.ClH/c1-2-4-15-13(3-1)20-17(23-15)16-11-12-14(22-16)5-10-21-18(12)6-8-19-9-7-18;/h1-4,11,19H,5-10H2;1H. The summed E-state index contributed by atoms with van der Waals surface area (Å²) in [4.78, 5) is 7.65. The summed E-state index contributed by atoms with van der Waals surface area (Å²) in [6.45, 7) is 2.95. The van der Waals surface area contributed by atoms with Crippen LogP contribution in [0.5, 0.6) is 0 Å². The van der Waals surface area contributed by atoms with Gasteiger partial charge in [0.25, 0.3) is 0 Å². The predicted molar refractivity (Wildman–Crippen MR) is 104 cm³/mol. The van der Waals surface area contributed by atoms with Gasteiger partial charge in [-0.1, -0.05) is 12.1 Å². The molecule has 3 nitrogen and oxygen atoms in total. The van der Waals surface area contributed by atoms with Gasteiger partial charge < -0.3 is 10.1 Å². The summed E-state index contributed by atoms with van der Waals surface area (Å²) < 4.78 is 7.56. The number of benzene rings is 1. The molecular formula is C18H19ClN2OS2. The second kappa shape index (κ2) is 6.39. The number of thiophene rings is 1. The number of thiazole rings is 1. The summed E-state index contributed by atoms with van der Waals surface area (Å²) in [5.74, 6) is 0. The molecule has 0 atom stereocenters. The van der Waals surface area contributed by atoms with Crippen LogP contribution in [0.2, 0.25) is 0 Å². The molecule has 4 heterocycles. The van der Waals surface area contributed by atoms with E-state index in [1.165, 1.54) is 20.0 Å². The molecule has 24 heavy (non-hydrogen) atoms. The molecule has 1 fully saturated rings. The first-order chi connectivity index (χ1) is 11.3. The molecule has 1 N–H and O–H groups in total. The van der Waals surface area contributed by atoms with E-state index in [4.69, 9.17) is 9.72 Å². The lowest BCUT2D eigenvalue weighted by atomic mass is 9.83. The molecule has 3 aromatic rings. The van der Waals surface area contributed by atoms with Crippen LogP contribution in [0.1, 0.15) is 23.3 Å². The van der Waals surface area contributed by atoms with Crippen molar-refractivity contribution in [3.05, 3.63) is 40.8 Å². The smallest absolute Gasteiger partial charge is 0.134 e. The van der Waals surface area contributed by atoms with E-state index < -0.39 is 0 Å². The average Bonchev–Trinajstić information content (AvgIpc) is 3.20. The maximum atomic E-state index is 6.29. The van der Waals surface area contributed by atoms with Gasteiger partial charge >= 0.3 is 0 Å². The Labute approximate surface area is 155 Å². The SMILES string of the molecule is Cl.c1ccc2sc(-c3cc4c(s3)CCOC43CCNCC3)nc2c1. The Hall–Kier alpha value is -0.980. The van der Waals surface area contributed by atoms with Gasteiger partial charge in [-0.05, 0) is 49.7 Å². The normalized spacial score (nSPS) is 19.2. The minimum atomic E-state index is -0.0513. The van der Waals surface area contributed by atoms with Crippen molar-refractivity contribution in [2.75, 3.05) is 19.7 Å². The summed E-state index contributed by atoms with van der Waals surface area (Å²) in [5, 5.41) is 4.60. The number of hydrogen-bond donors (Lipinski definition) is 1. The molecule has 0 unspecified atom stereocenters. The average molecular weight is 379 g/mol. The fourth-order valence-electron chi connectivity index (χ4n) is 3.74. The van der Waals surface area contributed by atoms with Crippen molar-refractivity contribution in [3.8, 4) is 9.88 Å². The summed E-state index contributed by atoms with van der Waals surface area (Å²) in [6.07, 6.45) is 3.20. The highest BCUT2D eigenvalue weighted by molar-refractivity contribution is 7.25. The Morgan fingerprint density at radius 3 is 2.79 bits per heavy atom. The van der Waals surface area contributed by atoms with E-state index >= 15 is 0 Å². The van der Waals surface area contributed by atoms with E-state index in [-0.39, 0.29) is 18.0 Å². The number of para-hydroxylation sites is 1. The molecule has 2 aliphatic heterocycles. The van der Waals surface area contributed by atoms with Gasteiger partial charge in [0.05, 0.1) is 27.3 Å². The Morgan fingerprint density at radius 2 is 1.96 bits per heavy atom. The third-order valence-electron chi connectivity index (χ3n) is 4.92. The van der Waals surface area contributed by atoms with Crippen LogP contribution >= 0.6 is 35.1 Å². The second-order valence-electron chi connectivity index (χ2n) is 6.28. The number of halogens is 1. The lowest BCUT2D eigenvalue weighted by Crippen LogP contribution is -2.44. The number of hydrogen-bond acceptors (Lipinski definition) is 5. The minimum Gasteiger partial charge on any atom is -0.370 e. The summed E-state index contributed by atoms with van der Waals surface area (Å²) in [7, 11) is 0. The highest BCUT2D eigenvalue weighted by atomic mass is 35.5. The second-order valence-corrected chi connectivity index (χ2v) is 8.44. The van der Waals surface area contributed by atoms with Crippen LogP contribution in [0.15, 0.2) is 30.3 Å². The first kappa shape index (κ1) is 16.5. The Kier molecular flexibility index (Phi) is 4.39. The molecule has 2 aromatic heterocycles. The number of rotatable bonds is 1. The van der Waals surface area contributed by atoms with Crippen molar-refractivity contribution < 1.29 is 4.74 Å². The zero-order chi connectivity index (χ0) is 15.3. The Bertz CT molecular complexity index is 834. The molecule has 0 amide bonds. The zero-order valence-electron chi connectivity index (χ0n) is 13.2. The third-order valence-corrected chi connectivity index (χ3v) is 7.32. The summed E-state index contributed by atoms with van der Waals surface area (Å²) >= 11 is 3.71. The molecule has 0 bridgehead atoms. The Balaban J connectivity index is 0.00000146. The number of piperidine rings is 1. The molecule has 6 heteroatoms. The first-order valence-electron chi connectivity index (χ1n) is 8.18. The van der Waals surface area contributed by atoms with E-state index in [0.717, 1.165) is 49.5 Å². The molecule has 0 aliphatic carbocycles. The van der Waals surface area contributed by atoms with Crippen LogP contribution in [0.25, 0.3) is 20.1 Å². The number of nitrogens with one attached hydrogen (secondary N) is 1. The van der Waals surface area contributed by atoms with Crippen LogP contribution in [0, 0.1) is 0 Å². The topological polar surface area (TPSA) is 34.1 Å². The zero-order valence-corrected chi connectivity index (χ0v) is 15.7. The fourth-order valence-corrected chi connectivity index (χ4v) is 5.99. The maximum Gasteiger partial charge on any atom is 0.134 e. The quantitative estimate of drug-likeness (QED) is 0.672. The van der Waals surface area contributed by atoms with Crippen LogP contribution < -0.4 is 5.32 Å². The lowest BCUT2D eigenvalue weighted by Gasteiger charge is -2.40. The molecule has 1 spiro atoms. The van der Waals surface area contributed by atoms with Crippen LogP contribution in [0.4, 0.5) is 0 Å². The predicted octanol–water partition coefficient (Wildman–Crippen LogP) is 4.60. The van der Waals surface area contributed by atoms with E-state index in [1.807, 2.05) is 11.3 Å². The van der Waals surface area contributed by atoms with Crippen LogP contribution in [-0.4, -0.2) is 24.7 Å². The van der Waals surface area contributed by atoms with E-state index in [0.29, 0.717) is 0 Å². The van der Waals surface area contributed by atoms with Gasteiger partial charge in [-0.25, -0.2) is 4.98 Å². The highest BCUT2D eigenvalue weighted by Crippen LogP contribution is 2.46. The molecule has 126 valence electrons. The van der Waals surface area contributed by atoms with Crippen molar-refractivity contribution >= 4 is 45.3 Å². The van der Waals surface area contributed by atoms with Gasteiger partial charge in [-0.15, -0.1) is 35.1 Å². The van der Waals surface area contributed by atoms with E-state index in [2.05, 4.69) is 35.6 Å². The van der Waals surface area contributed by atoms with Gasteiger partial charge in [0, 0.05) is 11.3 Å². The van der Waals surface area contributed by atoms with Crippen molar-refractivity contribution in [2.24, 2.45) is 0 Å². The van der Waals surface area contributed by atoms with E-state index in [1.54, 1.807) is 11.3 Å². The number of nitrogens with zero attached hydrogens (tertiary/aromatic N) is 1. The summed E-state index contributed by atoms with van der Waals surface area (Å²) in [5.41, 5.74) is 2.49. The van der Waals surface area contributed by atoms with Crippen molar-refractivity contribution in [3.63, 3.8) is 0 Å². The Morgan fingerprint density at radius 1 is 1.12 bits per heavy atom. The molecule has 1 saturated heterocycles. The highest BCUT2D eigenvalue weighted by Gasteiger charge is 2.40.